The van der Waals surface area contributed by atoms with E-state index in [1.165, 1.54) is 11.7 Å². The van der Waals surface area contributed by atoms with Gasteiger partial charge in [0.1, 0.15) is 18.0 Å². The van der Waals surface area contributed by atoms with Crippen LogP contribution in [0.15, 0.2) is 53.3 Å². The van der Waals surface area contributed by atoms with Crippen LogP contribution in [-0.4, -0.2) is 24.7 Å². The molecule has 6 heteroatoms. The molecule has 0 spiro atoms. The van der Waals surface area contributed by atoms with Crippen molar-refractivity contribution >= 4 is 22.5 Å². The second-order valence-electron chi connectivity index (χ2n) is 5.88. The number of ether oxygens (including phenoxy) is 2. The number of nitrogens with one attached hydrogen (secondary N) is 1. The fraction of sp³-hybridized carbons (Fsp3) is 0.200. The molecule has 0 unspecified atom stereocenters. The van der Waals surface area contributed by atoms with E-state index in [1.807, 2.05) is 31.2 Å². The molecule has 0 radical (unpaired) electrons. The molecular formula is C20H20N2O4. The van der Waals surface area contributed by atoms with Crippen molar-refractivity contribution in [3.05, 3.63) is 64.4 Å². The molecule has 6 nitrogen and oxygen atoms in total. The Labute approximate surface area is 151 Å². The highest BCUT2D eigenvalue weighted by Crippen LogP contribution is 2.29. The van der Waals surface area contributed by atoms with Crippen molar-refractivity contribution in [3.63, 3.8) is 0 Å². The Balaban J connectivity index is 1.92. The third kappa shape index (κ3) is 3.39. The van der Waals surface area contributed by atoms with Gasteiger partial charge in [0.2, 0.25) is 5.91 Å². The second-order valence-corrected chi connectivity index (χ2v) is 5.88. The highest BCUT2D eigenvalue weighted by molar-refractivity contribution is 5.93. The van der Waals surface area contributed by atoms with E-state index in [2.05, 4.69) is 5.32 Å². The number of carbonyl (C=O) groups is 1. The Hall–Kier alpha value is -3.28. The number of rotatable bonds is 5. The Kier molecular flexibility index (Phi) is 4.93. The lowest BCUT2D eigenvalue weighted by Crippen LogP contribution is -2.28. The highest BCUT2D eigenvalue weighted by Gasteiger charge is 2.13. The predicted molar refractivity (Wildman–Crippen MR) is 101 cm³/mol. The van der Waals surface area contributed by atoms with Crippen LogP contribution < -0.4 is 20.3 Å². The van der Waals surface area contributed by atoms with Crippen molar-refractivity contribution in [1.29, 1.82) is 0 Å². The zero-order chi connectivity index (χ0) is 18.7. The summed E-state index contributed by atoms with van der Waals surface area (Å²) in [4.78, 5) is 25.0. The van der Waals surface area contributed by atoms with E-state index in [4.69, 9.17) is 9.47 Å². The fourth-order valence-electron chi connectivity index (χ4n) is 2.91. The molecule has 0 saturated carbocycles. The number of methoxy groups -OCH3 is 2. The quantitative estimate of drug-likeness (QED) is 0.766. The lowest BCUT2D eigenvalue weighted by molar-refractivity contribution is -0.116. The van der Waals surface area contributed by atoms with Crippen LogP contribution in [0.2, 0.25) is 0 Å². The normalized spacial score (nSPS) is 10.6. The molecule has 3 rings (SSSR count). The average molecular weight is 352 g/mol. The van der Waals surface area contributed by atoms with Gasteiger partial charge in [0.15, 0.2) is 0 Å². The smallest absolute Gasteiger partial charge is 0.251 e. The third-order valence-electron chi connectivity index (χ3n) is 4.21. The van der Waals surface area contributed by atoms with Gasteiger partial charge in [-0.1, -0.05) is 18.2 Å². The molecular weight excluding hydrogens is 332 g/mol. The molecule has 0 aliphatic carbocycles. The van der Waals surface area contributed by atoms with E-state index in [0.29, 0.717) is 17.2 Å². The van der Waals surface area contributed by atoms with E-state index in [1.54, 1.807) is 31.4 Å². The van der Waals surface area contributed by atoms with Crippen molar-refractivity contribution in [2.24, 2.45) is 0 Å². The number of pyridine rings is 1. The summed E-state index contributed by atoms with van der Waals surface area (Å²) in [6, 6.07) is 14.2. The number of anilines is 1. The van der Waals surface area contributed by atoms with Gasteiger partial charge in [-0.25, -0.2) is 0 Å². The van der Waals surface area contributed by atoms with Crippen molar-refractivity contribution in [2.45, 2.75) is 13.5 Å². The number of carbonyl (C=O) groups excluding carboxylic acids is 1. The molecule has 3 aromatic rings. The summed E-state index contributed by atoms with van der Waals surface area (Å²) in [5.41, 5.74) is 1.89. The van der Waals surface area contributed by atoms with Crippen LogP contribution in [0.5, 0.6) is 11.5 Å². The van der Waals surface area contributed by atoms with Gasteiger partial charge >= 0.3 is 0 Å². The number of aromatic nitrogens is 1. The van der Waals surface area contributed by atoms with Gasteiger partial charge in [-0.2, -0.15) is 0 Å². The molecule has 1 aromatic heterocycles. The van der Waals surface area contributed by atoms with Gasteiger partial charge in [0.05, 0.1) is 25.4 Å². The Morgan fingerprint density at radius 3 is 2.58 bits per heavy atom. The summed E-state index contributed by atoms with van der Waals surface area (Å²) in [6.45, 7) is 1.79. The fourth-order valence-corrected chi connectivity index (χ4v) is 2.91. The number of fused-ring (bicyclic) bond motifs is 1. The molecule has 0 atom stereocenters. The first-order valence-corrected chi connectivity index (χ1v) is 8.14. The van der Waals surface area contributed by atoms with E-state index in [9.17, 15) is 9.59 Å². The second kappa shape index (κ2) is 7.31. The molecule has 1 heterocycles. The van der Waals surface area contributed by atoms with Crippen LogP contribution in [0, 0.1) is 6.92 Å². The monoisotopic (exact) mass is 352 g/mol. The van der Waals surface area contributed by atoms with Crippen LogP contribution in [0.3, 0.4) is 0 Å². The molecule has 26 heavy (non-hydrogen) atoms. The molecule has 0 fully saturated rings. The van der Waals surface area contributed by atoms with Gasteiger partial charge in [-0.05, 0) is 30.7 Å². The number of hydrogen-bond acceptors (Lipinski definition) is 4. The first-order chi connectivity index (χ1) is 12.5. The van der Waals surface area contributed by atoms with Gasteiger partial charge < -0.3 is 14.8 Å². The summed E-state index contributed by atoms with van der Waals surface area (Å²) in [6.07, 6.45) is 0. The number of aryl methyl sites for hydroxylation is 1. The SMILES string of the molecule is COc1ccc(OC)c(NC(=O)Cn2c(=O)cc(C)c3ccccc32)c1. The zero-order valence-electron chi connectivity index (χ0n) is 14.9. The molecule has 0 aliphatic rings. The molecule has 1 amide bonds. The van der Waals surface area contributed by atoms with E-state index >= 15 is 0 Å². The third-order valence-corrected chi connectivity index (χ3v) is 4.21. The van der Waals surface area contributed by atoms with Crippen molar-refractivity contribution in [2.75, 3.05) is 19.5 Å². The van der Waals surface area contributed by atoms with Gasteiger partial charge in [-0.15, -0.1) is 0 Å². The maximum absolute atomic E-state index is 12.6. The van der Waals surface area contributed by atoms with E-state index < -0.39 is 0 Å². The van der Waals surface area contributed by atoms with Crippen LogP contribution >= 0.6 is 0 Å². The lowest BCUT2D eigenvalue weighted by atomic mass is 10.1. The summed E-state index contributed by atoms with van der Waals surface area (Å²) in [5, 5.41) is 3.73. The van der Waals surface area contributed by atoms with Crippen molar-refractivity contribution in [3.8, 4) is 11.5 Å². The topological polar surface area (TPSA) is 69.6 Å². The molecule has 1 N–H and O–H groups in total. The van der Waals surface area contributed by atoms with Crippen LogP contribution in [-0.2, 0) is 11.3 Å². The predicted octanol–water partition coefficient (Wildman–Crippen LogP) is 2.97. The standard InChI is InChI=1S/C20H20N2O4/c1-13-10-20(24)22(17-7-5-4-6-15(13)17)12-19(23)21-16-11-14(25-2)8-9-18(16)26-3/h4-11H,12H2,1-3H3,(H,21,23). The minimum atomic E-state index is -0.326. The number of amides is 1. The van der Waals surface area contributed by atoms with Gasteiger partial charge in [0.25, 0.3) is 5.56 Å². The van der Waals surface area contributed by atoms with E-state index in [0.717, 1.165) is 16.5 Å². The summed E-state index contributed by atoms with van der Waals surface area (Å²) >= 11 is 0. The zero-order valence-corrected chi connectivity index (χ0v) is 14.9. The maximum Gasteiger partial charge on any atom is 0.251 e. The average Bonchev–Trinajstić information content (AvgIpc) is 2.65. The first-order valence-electron chi connectivity index (χ1n) is 8.14. The lowest BCUT2D eigenvalue weighted by Gasteiger charge is -2.14. The molecule has 0 saturated heterocycles. The minimum absolute atomic E-state index is 0.0972. The highest BCUT2D eigenvalue weighted by atomic mass is 16.5. The largest absolute Gasteiger partial charge is 0.497 e. The van der Waals surface area contributed by atoms with Crippen LogP contribution in [0.1, 0.15) is 5.56 Å². The number of nitrogens with zero attached hydrogens (tertiary/aromatic N) is 1. The molecule has 2 aromatic carbocycles. The molecule has 0 bridgehead atoms. The number of benzene rings is 2. The summed E-state index contributed by atoms with van der Waals surface area (Å²) < 4.78 is 11.9. The Morgan fingerprint density at radius 1 is 1.08 bits per heavy atom. The van der Waals surface area contributed by atoms with Crippen LogP contribution in [0.4, 0.5) is 5.69 Å². The maximum atomic E-state index is 12.6. The van der Waals surface area contributed by atoms with Gasteiger partial charge in [-0.3, -0.25) is 14.2 Å². The van der Waals surface area contributed by atoms with Gasteiger partial charge in [0, 0.05) is 17.5 Å². The minimum Gasteiger partial charge on any atom is -0.497 e. The summed E-state index contributed by atoms with van der Waals surface area (Å²) in [5.74, 6) is 0.784. The van der Waals surface area contributed by atoms with Crippen LogP contribution in [0.25, 0.3) is 10.9 Å². The Morgan fingerprint density at radius 2 is 1.85 bits per heavy atom. The van der Waals surface area contributed by atoms with Crippen molar-refractivity contribution in [1.82, 2.24) is 4.57 Å². The number of hydrogen-bond donors (Lipinski definition) is 1. The number of para-hydroxylation sites is 1. The Bertz CT molecular complexity index is 1020. The molecule has 134 valence electrons. The first kappa shape index (κ1) is 17.5. The van der Waals surface area contributed by atoms with E-state index in [-0.39, 0.29) is 18.0 Å². The summed E-state index contributed by atoms with van der Waals surface area (Å²) in [7, 11) is 3.07. The van der Waals surface area contributed by atoms with Crippen molar-refractivity contribution < 1.29 is 14.3 Å². The molecule has 0 aliphatic heterocycles.